The zero-order chi connectivity index (χ0) is 15.9. The molecule has 0 spiro atoms. The third-order valence-electron chi connectivity index (χ3n) is 3.93. The van der Waals surface area contributed by atoms with E-state index in [0.717, 1.165) is 6.92 Å². The number of hydrogen-bond acceptors (Lipinski definition) is 4. The Hall–Kier alpha value is -2.12. The average Bonchev–Trinajstić information content (AvgIpc) is 2.97. The van der Waals surface area contributed by atoms with Crippen LogP contribution < -0.4 is 4.74 Å². The summed E-state index contributed by atoms with van der Waals surface area (Å²) < 4.78 is 44.3. The summed E-state index contributed by atoms with van der Waals surface area (Å²) in [7, 11) is 0. The number of para-hydroxylation sites is 1. The van der Waals surface area contributed by atoms with E-state index >= 15 is 0 Å². The summed E-state index contributed by atoms with van der Waals surface area (Å²) in [6.07, 6.45) is -5.49. The lowest BCUT2D eigenvalue weighted by atomic mass is 9.93. The van der Waals surface area contributed by atoms with Gasteiger partial charge in [-0.2, -0.15) is 13.2 Å². The van der Waals surface area contributed by atoms with Crippen LogP contribution in [0.15, 0.2) is 30.3 Å². The number of hydrogen-bond donors (Lipinski definition) is 0. The number of nitro groups is 1. The van der Waals surface area contributed by atoms with Crippen LogP contribution in [0.3, 0.4) is 0 Å². The summed E-state index contributed by atoms with van der Waals surface area (Å²) in [4.78, 5) is 21.5. The van der Waals surface area contributed by atoms with Crippen LogP contribution in [0.2, 0.25) is 0 Å². The second-order valence-electron chi connectivity index (χ2n) is 5.28. The van der Waals surface area contributed by atoms with E-state index in [4.69, 9.17) is 4.74 Å². The molecule has 0 amide bonds. The van der Waals surface area contributed by atoms with Gasteiger partial charge in [0.1, 0.15) is 11.2 Å². The van der Waals surface area contributed by atoms with E-state index in [9.17, 15) is 28.1 Å². The van der Waals surface area contributed by atoms with Crippen molar-refractivity contribution in [3.05, 3.63) is 40.4 Å². The first-order chi connectivity index (χ1) is 9.62. The molecule has 0 N–H and O–H groups in total. The van der Waals surface area contributed by atoms with Gasteiger partial charge in [0.15, 0.2) is 0 Å². The Morgan fingerprint density at radius 3 is 2.43 bits per heavy atom. The second-order valence-corrected chi connectivity index (χ2v) is 5.28. The Balaban J connectivity index is 2.23. The fraction of sp³-hybridized carbons (Fsp3) is 0.462. The molecule has 1 saturated carbocycles. The summed E-state index contributed by atoms with van der Waals surface area (Å²) in [5, 5.41) is 10.5. The van der Waals surface area contributed by atoms with E-state index in [1.165, 1.54) is 12.1 Å². The minimum absolute atomic E-state index is 0.104. The first-order valence-electron chi connectivity index (χ1n) is 6.08. The summed E-state index contributed by atoms with van der Waals surface area (Å²) >= 11 is 0. The molecule has 1 aromatic carbocycles. The molecule has 8 heteroatoms. The van der Waals surface area contributed by atoms with E-state index in [1.54, 1.807) is 18.2 Å². The topological polar surface area (TPSA) is 69.4 Å². The zero-order valence-corrected chi connectivity index (χ0v) is 11.0. The van der Waals surface area contributed by atoms with Gasteiger partial charge in [-0.1, -0.05) is 18.2 Å². The molecule has 0 radical (unpaired) electrons. The Kier molecular flexibility index (Phi) is 3.43. The van der Waals surface area contributed by atoms with Crippen molar-refractivity contribution in [2.45, 2.75) is 19.5 Å². The summed E-state index contributed by atoms with van der Waals surface area (Å²) in [6.45, 7) is -0.286. The lowest BCUT2D eigenvalue weighted by molar-refractivity contribution is -0.503. The normalized spacial score (nSPS) is 28.0. The zero-order valence-electron chi connectivity index (χ0n) is 11.0. The van der Waals surface area contributed by atoms with E-state index in [1.807, 2.05) is 0 Å². The number of alkyl halides is 3. The highest BCUT2D eigenvalue weighted by molar-refractivity contribution is 5.83. The fourth-order valence-corrected chi connectivity index (χ4v) is 2.49. The third-order valence-corrected chi connectivity index (χ3v) is 3.93. The van der Waals surface area contributed by atoms with Gasteiger partial charge in [0.05, 0.1) is 5.41 Å². The van der Waals surface area contributed by atoms with Gasteiger partial charge < -0.3 is 4.74 Å². The Labute approximate surface area is 117 Å². The minimum Gasteiger partial charge on any atom is -0.426 e. The molecule has 0 heterocycles. The number of nitrogens with zero attached hydrogens (tertiary/aromatic N) is 1. The predicted molar refractivity (Wildman–Crippen MR) is 65.2 cm³/mol. The molecule has 0 unspecified atom stereocenters. The number of rotatable bonds is 4. The third kappa shape index (κ3) is 2.45. The molecular weight excluding hydrogens is 291 g/mol. The Morgan fingerprint density at radius 1 is 1.38 bits per heavy atom. The van der Waals surface area contributed by atoms with E-state index in [2.05, 4.69) is 0 Å². The van der Waals surface area contributed by atoms with Crippen molar-refractivity contribution >= 4 is 5.97 Å². The molecule has 0 bridgehead atoms. The molecule has 0 saturated heterocycles. The number of ether oxygens (including phenoxy) is 1. The highest BCUT2D eigenvalue weighted by Crippen LogP contribution is 2.71. The number of esters is 1. The van der Waals surface area contributed by atoms with Gasteiger partial charge in [0.25, 0.3) is 0 Å². The molecule has 0 aromatic heterocycles. The summed E-state index contributed by atoms with van der Waals surface area (Å²) in [6, 6.07) is 7.62. The SMILES string of the molecule is C[C@]1(C(=O)Oc2ccccc2)C[C@]1(C[N+](=O)[O-])C(F)(F)F. The summed E-state index contributed by atoms with van der Waals surface area (Å²) in [5.41, 5.74) is -4.59. The van der Waals surface area contributed by atoms with Crippen LogP contribution in [0.5, 0.6) is 5.75 Å². The van der Waals surface area contributed by atoms with Crippen molar-refractivity contribution in [3.63, 3.8) is 0 Å². The van der Waals surface area contributed by atoms with E-state index in [-0.39, 0.29) is 5.75 Å². The number of benzene rings is 1. The maximum Gasteiger partial charge on any atom is 0.401 e. The number of carbonyl (C=O) groups is 1. The van der Waals surface area contributed by atoms with Crippen LogP contribution in [0, 0.1) is 20.9 Å². The van der Waals surface area contributed by atoms with Gasteiger partial charge >= 0.3 is 12.1 Å². The van der Waals surface area contributed by atoms with Crippen LogP contribution in [-0.4, -0.2) is 23.6 Å². The Morgan fingerprint density at radius 2 is 1.95 bits per heavy atom. The van der Waals surface area contributed by atoms with Crippen LogP contribution in [0.4, 0.5) is 13.2 Å². The van der Waals surface area contributed by atoms with E-state index in [0.29, 0.717) is 0 Å². The van der Waals surface area contributed by atoms with Gasteiger partial charge in [0, 0.05) is 4.92 Å². The van der Waals surface area contributed by atoms with Crippen LogP contribution in [0.1, 0.15) is 13.3 Å². The quantitative estimate of drug-likeness (QED) is 0.371. The van der Waals surface area contributed by atoms with Crippen molar-refractivity contribution in [1.82, 2.24) is 0 Å². The first-order valence-corrected chi connectivity index (χ1v) is 6.08. The molecule has 1 fully saturated rings. The van der Waals surface area contributed by atoms with Crippen molar-refractivity contribution in [1.29, 1.82) is 0 Å². The fourth-order valence-electron chi connectivity index (χ4n) is 2.49. The molecule has 1 aromatic rings. The maximum atomic E-state index is 13.1. The molecule has 21 heavy (non-hydrogen) atoms. The molecule has 0 aliphatic heterocycles. The highest BCUT2D eigenvalue weighted by Gasteiger charge is 2.84. The highest BCUT2D eigenvalue weighted by atomic mass is 19.4. The van der Waals surface area contributed by atoms with Crippen molar-refractivity contribution < 1.29 is 27.6 Å². The lowest BCUT2D eigenvalue weighted by Gasteiger charge is -2.21. The van der Waals surface area contributed by atoms with Crippen LogP contribution >= 0.6 is 0 Å². The predicted octanol–water partition coefficient (Wildman–Crippen LogP) is 2.83. The van der Waals surface area contributed by atoms with Gasteiger partial charge in [0.2, 0.25) is 6.54 Å². The molecule has 1 aliphatic carbocycles. The molecule has 114 valence electrons. The van der Waals surface area contributed by atoms with Gasteiger partial charge in [-0.3, -0.25) is 14.9 Å². The second kappa shape index (κ2) is 4.71. The lowest BCUT2D eigenvalue weighted by Crippen LogP contribution is -2.40. The minimum atomic E-state index is -4.84. The van der Waals surface area contributed by atoms with Crippen molar-refractivity contribution in [3.8, 4) is 5.75 Å². The number of carbonyl (C=O) groups excluding carboxylic acids is 1. The number of halogens is 3. The van der Waals surface area contributed by atoms with Crippen LogP contribution in [-0.2, 0) is 4.79 Å². The molecule has 2 rings (SSSR count). The summed E-state index contributed by atoms with van der Waals surface area (Å²) in [5.74, 6) is -0.999. The van der Waals surface area contributed by atoms with Crippen molar-refractivity contribution in [2.24, 2.45) is 10.8 Å². The molecule has 5 nitrogen and oxygen atoms in total. The smallest absolute Gasteiger partial charge is 0.401 e. The van der Waals surface area contributed by atoms with Crippen molar-refractivity contribution in [2.75, 3.05) is 6.54 Å². The standard InChI is InChI=1S/C13H12F3NO4/c1-11(10(18)21-9-5-3-2-4-6-9)7-12(11,8-17(19)20)13(14,15)16/h2-6H,7-8H2,1H3/t11-,12-/m1/s1. The molecular formula is C13H12F3NO4. The monoisotopic (exact) mass is 303 g/mol. The first kappa shape index (κ1) is 15.3. The molecule has 2 atom stereocenters. The molecule has 1 aliphatic rings. The average molecular weight is 303 g/mol. The largest absolute Gasteiger partial charge is 0.426 e. The maximum absolute atomic E-state index is 13.1. The van der Waals surface area contributed by atoms with Gasteiger partial charge in [-0.05, 0) is 25.5 Å². The van der Waals surface area contributed by atoms with Gasteiger partial charge in [-0.15, -0.1) is 0 Å². The van der Waals surface area contributed by atoms with Crippen LogP contribution in [0.25, 0.3) is 0 Å². The van der Waals surface area contributed by atoms with E-state index < -0.39 is 40.9 Å². The Bertz CT molecular complexity index is 575. The van der Waals surface area contributed by atoms with Gasteiger partial charge in [-0.25, -0.2) is 0 Å².